The first kappa shape index (κ1) is 12.6. The van der Waals surface area contributed by atoms with Crippen LogP contribution >= 0.6 is 27.3 Å². The maximum absolute atomic E-state index is 11.6. The number of hydrogen-bond donors (Lipinski definition) is 2. The molecule has 15 heavy (non-hydrogen) atoms. The van der Waals surface area contributed by atoms with Crippen LogP contribution in [0.3, 0.4) is 0 Å². The Morgan fingerprint density at radius 1 is 1.60 bits per heavy atom. The molecule has 0 aliphatic rings. The van der Waals surface area contributed by atoms with E-state index in [0.29, 0.717) is 4.47 Å². The van der Waals surface area contributed by atoms with Gasteiger partial charge in [-0.05, 0) is 27.4 Å². The summed E-state index contributed by atoms with van der Waals surface area (Å²) in [5, 5.41) is 9.99. The van der Waals surface area contributed by atoms with Gasteiger partial charge in [0.1, 0.15) is 4.21 Å². The van der Waals surface area contributed by atoms with Crippen LogP contribution in [0.25, 0.3) is 0 Å². The van der Waals surface area contributed by atoms with Gasteiger partial charge in [0.25, 0.3) is 10.0 Å². The number of rotatable bonds is 5. The summed E-state index contributed by atoms with van der Waals surface area (Å²) >= 11 is 4.17. The summed E-state index contributed by atoms with van der Waals surface area (Å²) in [6.45, 7) is -0.109. The van der Waals surface area contributed by atoms with Crippen LogP contribution in [0, 0.1) is 0 Å². The molecule has 0 aromatic carbocycles. The smallest absolute Gasteiger partial charge is 0.304 e. The lowest BCUT2D eigenvalue weighted by Crippen LogP contribution is -2.25. The van der Waals surface area contributed by atoms with Crippen LogP contribution in [0.5, 0.6) is 0 Å². The minimum absolute atomic E-state index is 0.109. The predicted molar refractivity (Wildman–Crippen MR) is 59.5 cm³/mol. The van der Waals surface area contributed by atoms with E-state index in [1.54, 1.807) is 11.4 Å². The summed E-state index contributed by atoms with van der Waals surface area (Å²) in [5.41, 5.74) is 0. The average molecular weight is 314 g/mol. The second kappa shape index (κ2) is 5.06. The zero-order valence-electron chi connectivity index (χ0n) is 7.44. The van der Waals surface area contributed by atoms with Gasteiger partial charge in [0.2, 0.25) is 0 Å². The predicted octanol–water partition coefficient (Wildman–Crippen LogP) is 1.26. The molecular formula is C7H8BrNO4S2. The number of carboxylic acids is 1. The highest BCUT2D eigenvalue weighted by atomic mass is 79.9. The zero-order valence-corrected chi connectivity index (χ0v) is 10.7. The van der Waals surface area contributed by atoms with Crippen LogP contribution in [-0.4, -0.2) is 26.0 Å². The molecule has 0 saturated heterocycles. The van der Waals surface area contributed by atoms with Gasteiger partial charge >= 0.3 is 5.97 Å². The van der Waals surface area contributed by atoms with Crippen molar-refractivity contribution in [1.82, 2.24) is 4.72 Å². The molecule has 1 heterocycles. The maximum Gasteiger partial charge on any atom is 0.304 e. The normalized spacial score (nSPS) is 11.5. The molecular weight excluding hydrogens is 306 g/mol. The van der Waals surface area contributed by atoms with Gasteiger partial charge in [0, 0.05) is 11.0 Å². The van der Waals surface area contributed by atoms with Gasteiger partial charge in [-0.15, -0.1) is 11.3 Å². The molecule has 1 aromatic rings. The molecule has 1 aromatic heterocycles. The number of carbonyl (C=O) groups is 1. The highest BCUT2D eigenvalue weighted by molar-refractivity contribution is 9.10. The van der Waals surface area contributed by atoms with Crippen LogP contribution in [0.2, 0.25) is 0 Å². The third-order valence-electron chi connectivity index (χ3n) is 1.46. The molecule has 84 valence electrons. The highest BCUT2D eigenvalue weighted by Crippen LogP contribution is 2.27. The minimum Gasteiger partial charge on any atom is -0.481 e. The topological polar surface area (TPSA) is 83.5 Å². The lowest BCUT2D eigenvalue weighted by molar-refractivity contribution is -0.136. The molecule has 5 nitrogen and oxygen atoms in total. The Hall–Kier alpha value is -0.440. The van der Waals surface area contributed by atoms with Gasteiger partial charge < -0.3 is 5.11 Å². The molecule has 0 aliphatic heterocycles. The second-order valence-electron chi connectivity index (χ2n) is 2.60. The number of carboxylic acid groups (broad SMARTS) is 1. The van der Waals surface area contributed by atoms with Crippen molar-refractivity contribution in [2.45, 2.75) is 10.6 Å². The fourth-order valence-electron chi connectivity index (χ4n) is 0.829. The van der Waals surface area contributed by atoms with E-state index in [-0.39, 0.29) is 17.2 Å². The largest absolute Gasteiger partial charge is 0.481 e. The molecule has 0 bridgehead atoms. The lowest BCUT2D eigenvalue weighted by atomic mass is 10.5. The Morgan fingerprint density at radius 2 is 2.27 bits per heavy atom. The van der Waals surface area contributed by atoms with Crippen molar-refractivity contribution in [2.24, 2.45) is 0 Å². The molecule has 0 radical (unpaired) electrons. The Balaban J connectivity index is 2.69. The van der Waals surface area contributed by atoms with Crippen molar-refractivity contribution in [3.05, 3.63) is 15.9 Å². The quantitative estimate of drug-likeness (QED) is 0.857. The van der Waals surface area contributed by atoms with E-state index in [9.17, 15) is 13.2 Å². The summed E-state index contributed by atoms with van der Waals surface area (Å²) < 4.78 is 26.0. The standard InChI is InChI=1S/C7H8BrNO4S2/c8-5-2-4-14-7(5)15(12,13)9-3-1-6(10)11/h2,4,9H,1,3H2,(H,10,11). The van der Waals surface area contributed by atoms with Crippen LogP contribution < -0.4 is 4.72 Å². The Bertz CT molecular complexity index is 453. The van der Waals surface area contributed by atoms with E-state index in [2.05, 4.69) is 20.7 Å². The summed E-state index contributed by atoms with van der Waals surface area (Å²) in [7, 11) is -3.58. The number of halogens is 1. The molecule has 0 atom stereocenters. The fraction of sp³-hybridized carbons (Fsp3) is 0.286. The molecule has 0 saturated carbocycles. The molecule has 0 fully saturated rings. The minimum atomic E-state index is -3.58. The summed E-state index contributed by atoms with van der Waals surface area (Å²) in [6.07, 6.45) is -0.234. The molecule has 8 heteroatoms. The van der Waals surface area contributed by atoms with Crippen LogP contribution in [0.4, 0.5) is 0 Å². The van der Waals surface area contributed by atoms with E-state index in [1.807, 2.05) is 0 Å². The number of sulfonamides is 1. The lowest BCUT2D eigenvalue weighted by Gasteiger charge is -2.03. The number of aliphatic carboxylic acids is 1. The van der Waals surface area contributed by atoms with Crippen molar-refractivity contribution in [2.75, 3.05) is 6.54 Å². The molecule has 0 aliphatic carbocycles. The van der Waals surface area contributed by atoms with Crippen LogP contribution in [0.15, 0.2) is 20.1 Å². The van der Waals surface area contributed by atoms with Gasteiger partial charge in [-0.3, -0.25) is 4.79 Å². The second-order valence-corrected chi connectivity index (χ2v) is 6.33. The summed E-state index contributed by atoms with van der Waals surface area (Å²) in [6, 6.07) is 1.62. The van der Waals surface area contributed by atoms with Gasteiger partial charge in [0.15, 0.2) is 0 Å². The summed E-state index contributed by atoms with van der Waals surface area (Å²) in [5.74, 6) is -1.04. The van der Waals surface area contributed by atoms with Crippen LogP contribution in [-0.2, 0) is 14.8 Å². The van der Waals surface area contributed by atoms with Crippen molar-refractivity contribution >= 4 is 43.3 Å². The molecule has 0 spiro atoms. The Morgan fingerprint density at radius 3 is 2.73 bits per heavy atom. The first-order chi connectivity index (χ1) is 6.93. The van der Waals surface area contributed by atoms with E-state index < -0.39 is 16.0 Å². The van der Waals surface area contributed by atoms with Gasteiger partial charge in [-0.1, -0.05) is 0 Å². The van der Waals surface area contributed by atoms with Crippen molar-refractivity contribution in [3.63, 3.8) is 0 Å². The third kappa shape index (κ3) is 3.56. The molecule has 2 N–H and O–H groups in total. The van der Waals surface area contributed by atoms with Crippen molar-refractivity contribution in [3.8, 4) is 0 Å². The Kier molecular flexibility index (Phi) is 4.26. The number of hydrogen-bond acceptors (Lipinski definition) is 4. The van der Waals surface area contributed by atoms with E-state index in [1.165, 1.54) is 0 Å². The van der Waals surface area contributed by atoms with Gasteiger partial charge in [0.05, 0.1) is 6.42 Å². The van der Waals surface area contributed by atoms with Gasteiger partial charge in [-0.25, -0.2) is 13.1 Å². The average Bonchev–Trinajstić information content (AvgIpc) is 2.50. The van der Waals surface area contributed by atoms with E-state index in [0.717, 1.165) is 11.3 Å². The van der Waals surface area contributed by atoms with E-state index >= 15 is 0 Å². The number of thiophene rings is 1. The Labute approximate surface area is 99.3 Å². The molecule has 0 amide bonds. The van der Waals surface area contributed by atoms with Crippen LogP contribution in [0.1, 0.15) is 6.42 Å². The fourth-order valence-corrected chi connectivity index (χ4v) is 4.24. The first-order valence-electron chi connectivity index (χ1n) is 3.88. The number of nitrogens with one attached hydrogen (secondary N) is 1. The monoisotopic (exact) mass is 313 g/mol. The highest BCUT2D eigenvalue weighted by Gasteiger charge is 2.18. The zero-order chi connectivity index (χ0) is 11.5. The molecule has 0 unspecified atom stereocenters. The third-order valence-corrected chi connectivity index (χ3v) is 5.59. The first-order valence-corrected chi connectivity index (χ1v) is 7.03. The SMILES string of the molecule is O=C(O)CCNS(=O)(=O)c1sccc1Br. The van der Waals surface area contributed by atoms with E-state index in [4.69, 9.17) is 5.11 Å². The van der Waals surface area contributed by atoms with Gasteiger partial charge in [-0.2, -0.15) is 0 Å². The van der Waals surface area contributed by atoms with Crippen molar-refractivity contribution < 1.29 is 18.3 Å². The van der Waals surface area contributed by atoms with Crippen molar-refractivity contribution in [1.29, 1.82) is 0 Å². The molecule has 1 rings (SSSR count). The maximum atomic E-state index is 11.6. The summed E-state index contributed by atoms with van der Waals surface area (Å²) in [4.78, 5) is 10.2.